The summed E-state index contributed by atoms with van der Waals surface area (Å²) in [6.45, 7) is 1.38. The van der Waals surface area contributed by atoms with Gasteiger partial charge in [-0.15, -0.1) is 0 Å². The maximum atomic E-state index is 12.8. The molecule has 0 radical (unpaired) electrons. The first-order valence-electron chi connectivity index (χ1n) is 11.4. The number of nitrogens with zero attached hydrogens (tertiary/aromatic N) is 4. The highest BCUT2D eigenvalue weighted by Gasteiger charge is 2.28. The Morgan fingerprint density at radius 3 is 2.74 bits per heavy atom. The Hall–Kier alpha value is -2.90. The fourth-order valence-electron chi connectivity index (χ4n) is 4.95. The van der Waals surface area contributed by atoms with Gasteiger partial charge in [-0.1, -0.05) is 23.2 Å². The van der Waals surface area contributed by atoms with E-state index >= 15 is 0 Å². The number of fused-ring (bicyclic) bond motifs is 1. The predicted octanol–water partition coefficient (Wildman–Crippen LogP) is 4.78. The Bertz CT molecular complexity index is 1250. The number of halogens is 2. The molecule has 9 heteroatoms. The van der Waals surface area contributed by atoms with Crippen LogP contribution < -0.4 is 4.90 Å². The normalized spacial score (nSPS) is 16.6. The molecule has 2 amide bonds. The summed E-state index contributed by atoms with van der Waals surface area (Å²) in [5.41, 5.74) is 5.23. The van der Waals surface area contributed by atoms with E-state index in [-0.39, 0.29) is 11.8 Å². The predicted molar refractivity (Wildman–Crippen MR) is 132 cm³/mol. The smallest absolute Gasteiger partial charge is 0.255 e. The molecule has 0 spiro atoms. The molecular weight excluding hydrogens is 473 g/mol. The summed E-state index contributed by atoms with van der Waals surface area (Å²) in [7, 11) is 1.79. The Balaban J connectivity index is 1.29. The average Bonchev–Trinajstić information content (AvgIpc) is 3.30. The fourth-order valence-corrected chi connectivity index (χ4v) is 5.50. The van der Waals surface area contributed by atoms with Crippen LogP contribution in [-0.2, 0) is 17.6 Å². The summed E-state index contributed by atoms with van der Waals surface area (Å²) >= 11 is 13.0. The fraction of sp³-hybridized carbons (Fsp3) is 0.360. The van der Waals surface area contributed by atoms with Crippen molar-refractivity contribution in [1.29, 1.82) is 0 Å². The summed E-state index contributed by atoms with van der Waals surface area (Å²) in [5.74, 6) is 0.500. The lowest BCUT2D eigenvalue weighted by atomic mass is 9.88. The highest BCUT2D eigenvalue weighted by molar-refractivity contribution is 6.35. The Morgan fingerprint density at radius 1 is 1.18 bits per heavy atom. The van der Waals surface area contributed by atoms with Gasteiger partial charge in [-0.05, 0) is 60.9 Å². The van der Waals surface area contributed by atoms with Crippen LogP contribution in [-0.4, -0.2) is 52.0 Å². The van der Waals surface area contributed by atoms with Gasteiger partial charge in [-0.3, -0.25) is 19.7 Å². The molecule has 1 aromatic carbocycles. The van der Waals surface area contributed by atoms with E-state index in [0.717, 1.165) is 47.3 Å². The third kappa shape index (κ3) is 4.18. The van der Waals surface area contributed by atoms with Gasteiger partial charge in [0.2, 0.25) is 5.91 Å². The van der Waals surface area contributed by atoms with Gasteiger partial charge >= 0.3 is 0 Å². The summed E-state index contributed by atoms with van der Waals surface area (Å²) in [6.07, 6.45) is 8.80. The van der Waals surface area contributed by atoms with Crippen molar-refractivity contribution < 1.29 is 9.59 Å². The van der Waals surface area contributed by atoms with Gasteiger partial charge < -0.3 is 9.80 Å². The minimum Gasteiger partial charge on any atom is -0.339 e. The zero-order chi connectivity index (χ0) is 23.8. The summed E-state index contributed by atoms with van der Waals surface area (Å²) in [6, 6.07) is 5.58. The maximum Gasteiger partial charge on any atom is 0.255 e. The monoisotopic (exact) mass is 497 g/mol. The van der Waals surface area contributed by atoms with Crippen LogP contribution in [0.1, 0.15) is 40.7 Å². The quantitative estimate of drug-likeness (QED) is 0.561. The minimum atomic E-state index is -0.0425. The second-order valence-electron chi connectivity index (χ2n) is 8.93. The summed E-state index contributed by atoms with van der Waals surface area (Å²) in [4.78, 5) is 32.4. The van der Waals surface area contributed by atoms with Crippen molar-refractivity contribution in [2.75, 3.05) is 25.0 Å². The van der Waals surface area contributed by atoms with Gasteiger partial charge in [0, 0.05) is 56.4 Å². The first-order chi connectivity index (χ1) is 16.4. The number of rotatable bonds is 4. The lowest BCUT2D eigenvalue weighted by molar-refractivity contribution is -0.118. The van der Waals surface area contributed by atoms with Crippen LogP contribution in [0.2, 0.25) is 10.0 Å². The van der Waals surface area contributed by atoms with E-state index in [1.54, 1.807) is 24.2 Å². The molecule has 0 unspecified atom stereocenters. The number of hydrogen-bond acceptors (Lipinski definition) is 4. The number of nitrogens with one attached hydrogen (secondary N) is 1. The molecule has 0 saturated carbocycles. The van der Waals surface area contributed by atoms with Crippen molar-refractivity contribution in [1.82, 2.24) is 20.1 Å². The molecular formula is C25H25Cl2N5O2. The van der Waals surface area contributed by atoms with Gasteiger partial charge in [0.25, 0.3) is 5.91 Å². The number of likely N-dealkylation sites (tertiary alicyclic amines) is 1. The molecule has 2 aliphatic heterocycles. The van der Waals surface area contributed by atoms with Crippen LogP contribution in [0.5, 0.6) is 0 Å². The van der Waals surface area contributed by atoms with Gasteiger partial charge in [-0.25, -0.2) is 0 Å². The lowest BCUT2D eigenvalue weighted by Gasteiger charge is -2.32. The third-order valence-electron chi connectivity index (χ3n) is 6.93. The Kier molecular flexibility index (Phi) is 6.32. The summed E-state index contributed by atoms with van der Waals surface area (Å²) in [5, 5.41) is 8.57. The second-order valence-corrected chi connectivity index (χ2v) is 9.72. The van der Waals surface area contributed by atoms with Gasteiger partial charge in [0.05, 0.1) is 21.3 Å². The standard InChI is InChI=1S/C25H25Cl2N5O2/c1-31-21-4-2-19(23(27)18(21)3-5-22(31)33)24-16(13-29-30-24)12-15-7-10-32(11-8-15)25(34)17-6-9-28-14-20(17)26/h2,4,6,9,13-15H,3,5,7-8,10-12H2,1H3,(H,29,30). The number of benzene rings is 1. The van der Waals surface area contributed by atoms with Gasteiger partial charge in [0.1, 0.15) is 0 Å². The van der Waals surface area contributed by atoms with E-state index < -0.39 is 0 Å². The van der Waals surface area contributed by atoms with E-state index in [1.165, 1.54) is 6.20 Å². The van der Waals surface area contributed by atoms with Crippen LogP contribution in [0.15, 0.2) is 36.8 Å². The number of H-pyrrole nitrogens is 1. The molecule has 0 atom stereocenters. The SMILES string of the molecule is CN1C(=O)CCc2c1ccc(-c1n[nH]cc1CC1CCN(C(=O)c3ccncc3Cl)CC1)c2Cl. The highest BCUT2D eigenvalue weighted by atomic mass is 35.5. The average molecular weight is 498 g/mol. The number of piperidine rings is 1. The van der Waals surface area contributed by atoms with E-state index in [2.05, 4.69) is 15.2 Å². The van der Waals surface area contributed by atoms with E-state index in [1.807, 2.05) is 23.2 Å². The molecule has 3 aromatic rings. The number of anilines is 1. The van der Waals surface area contributed by atoms with Crippen LogP contribution in [0.25, 0.3) is 11.3 Å². The van der Waals surface area contributed by atoms with E-state index in [9.17, 15) is 9.59 Å². The van der Waals surface area contributed by atoms with E-state index in [0.29, 0.717) is 47.5 Å². The molecule has 0 aliphatic carbocycles. The topological polar surface area (TPSA) is 82.2 Å². The first-order valence-corrected chi connectivity index (χ1v) is 12.2. The number of amides is 2. The molecule has 1 saturated heterocycles. The molecule has 1 fully saturated rings. The highest BCUT2D eigenvalue weighted by Crippen LogP contribution is 2.40. The third-order valence-corrected chi connectivity index (χ3v) is 7.66. The van der Waals surface area contributed by atoms with Crippen molar-refractivity contribution in [2.45, 2.75) is 32.1 Å². The van der Waals surface area contributed by atoms with Crippen LogP contribution in [0, 0.1) is 5.92 Å². The molecule has 0 bridgehead atoms. The van der Waals surface area contributed by atoms with Crippen molar-refractivity contribution in [3.63, 3.8) is 0 Å². The zero-order valence-electron chi connectivity index (χ0n) is 18.9. The van der Waals surface area contributed by atoms with Crippen molar-refractivity contribution in [3.05, 3.63) is 63.5 Å². The number of aromatic amines is 1. The molecule has 7 nitrogen and oxygen atoms in total. The molecule has 4 heterocycles. The molecule has 34 heavy (non-hydrogen) atoms. The molecule has 1 N–H and O–H groups in total. The second kappa shape index (κ2) is 9.39. The summed E-state index contributed by atoms with van der Waals surface area (Å²) < 4.78 is 0. The van der Waals surface area contributed by atoms with Gasteiger partial charge in [0.15, 0.2) is 0 Å². The van der Waals surface area contributed by atoms with Crippen LogP contribution >= 0.6 is 23.2 Å². The molecule has 5 rings (SSSR count). The number of pyridine rings is 1. The minimum absolute atomic E-state index is 0.0425. The van der Waals surface area contributed by atoms with E-state index in [4.69, 9.17) is 23.2 Å². The van der Waals surface area contributed by atoms with Crippen molar-refractivity contribution in [3.8, 4) is 11.3 Å². The van der Waals surface area contributed by atoms with Gasteiger partial charge in [-0.2, -0.15) is 5.10 Å². The van der Waals surface area contributed by atoms with Crippen molar-refractivity contribution >= 4 is 40.7 Å². The van der Waals surface area contributed by atoms with Crippen LogP contribution in [0.4, 0.5) is 5.69 Å². The maximum absolute atomic E-state index is 12.8. The number of aromatic nitrogens is 3. The lowest BCUT2D eigenvalue weighted by Crippen LogP contribution is -2.39. The molecule has 2 aliphatic rings. The van der Waals surface area contributed by atoms with Crippen LogP contribution in [0.3, 0.4) is 0 Å². The van der Waals surface area contributed by atoms with Crippen molar-refractivity contribution in [2.24, 2.45) is 5.92 Å². The largest absolute Gasteiger partial charge is 0.339 e. The number of hydrogen-bond donors (Lipinski definition) is 1. The Morgan fingerprint density at radius 2 is 1.97 bits per heavy atom. The zero-order valence-corrected chi connectivity index (χ0v) is 20.4. The molecule has 2 aromatic heterocycles. The first kappa shape index (κ1) is 22.9. The molecule has 176 valence electrons. The Labute approximate surface area is 208 Å². The number of carbonyl (C=O) groups excluding carboxylic acids is 2. The number of carbonyl (C=O) groups is 2.